The molecule has 1 aliphatic rings. The molecule has 1 amide bonds. The maximum atomic E-state index is 16.5. The van der Waals surface area contributed by atoms with Crippen LogP contribution in [-0.4, -0.2) is 77.9 Å². The Hall–Kier alpha value is -3.79. The van der Waals surface area contributed by atoms with E-state index in [4.69, 9.17) is 23.7 Å². The van der Waals surface area contributed by atoms with Crippen LogP contribution in [0.2, 0.25) is 0 Å². The van der Waals surface area contributed by atoms with Crippen LogP contribution < -0.4 is 21.9 Å². The molecule has 15 nitrogen and oxygen atoms in total. The molecule has 42 heavy (non-hydrogen) atoms. The summed E-state index contributed by atoms with van der Waals surface area (Å²) in [4.78, 5) is 75.2. The fourth-order valence-corrected chi connectivity index (χ4v) is 3.51. The molecule has 0 bridgehead atoms. The summed E-state index contributed by atoms with van der Waals surface area (Å²) in [5.41, 5.74) is -1.99. The summed E-state index contributed by atoms with van der Waals surface area (Å²) in [5.74, 6) is -7.70. The van der Waals surface area contributed by atoms with Gasteiger partial charge in [0.1, 0.15) is 0 Å². The van der Waals surface area contributed by atoms with Gasteiger partial charge in [-0.25, -0.2) is 18.5 Å². The maximum Gasteiger partial charge on any atom is 0.408 e. The molecule has 0 saturated carbocycles. The number of alkyl halides is 1. The highest BCUT2D eigenvalue weighted by Crippen LogP contribution is 2.42. The van der Waals surface area contributed by atoms with Crippen molar-refractivity contribution in [2.45, 2.75) is 72.6 Å². The van der Waals surface area contributed by atoms with Gasteiger partial charge in [-0.2, -0.15) is 0 Å². The van der Waals surface area contributed by atoms with E-state index in [-0.39, 0.29) is 6.54 Å². The van der Waals surface area contributed by atoms with Crippen molar-refractivity contribution in [1.82, 2.24) is 19.8 Å². The predicted octanol–water partition coefficient (Wildman–Crippen LogP) is 0.443. The molecule has 16 heteroatoms. The summed E-state index contributed by atoms with van der Waals surface area (Å²) < 4.78 is 44.2. The smallest absolute Gasteiger partial charge is 0.408 e. The lowest BCUT2D eigenvalue weighted by atomic mass is 10.1. The van der Waals surface area contributed by atoms with Crippen LogP contribution in [0.25, 0.3) is 0 Å². The first-order valence-electron chi connectivity index (χ1n) is 13.4. The second-order valence-electron chi connectivity index (χ2n) is 10.5. The summed E-state index contributed by atoms with van der Waals surface area (Å²) in [6.45, 7) is 7.75. The third-order valence-corrected chi connectivity index (χ3v) is 5.98. The standard InChI is InChI=1S/C26H39FN4O11/c1-14(2)21(33)38-12-26(27)19(41-23(35)16(5)6)18(40-22(34)15(3)4)20(42-26)30-11-8-17(32)31(25(30)37)13-39-24(36)29-10-9-28-7/h8,11,14-16,18-20,28H,9-10,12-13H2,1-7H3,(H,29,36)/t18-,19+,20-,26-/m1/s1. The topological polar surface area (TPSA) is 182 Å². The van der Waals surface area contributed by atoms with Crippen LogP contribution in [0.5, 0.6) is 0 Å². The first-order chi connectivity index (χ1) is 19.6. The van der Waals surface area contributed by atoms with Crippen molar-refractivity contribution in [3.8, 4) is 0 Å². The number of alkyl carbamates (subject to hydrolysis) is 1. The molecule has 1 saturated heterocycles. The Balaban J connectivity index is 2.56. The Kier molecular flexibility index (Phi) is 12.2. The lowest BCUT2D eigenvalue weighted by Gasteiger charge is -2.28. The summed E-state index contributed by atoms with van der Waals surface area (Å²) in [6.07, 6.45) is -5.50. The van der Waals surface area contributed by atoms with Crippen molar-refractivity contribution in [3.05, 3.63) is 33.1 Å². The van der Waals surface area contributed by atoms with Gasteiger partial charge in [0.2, 0.25) is 6.10 Å². The van der Waals surface area contributed by atoms with E-state index in [2.05, 4.69) is 10.6 Å². The minimum atomic E-state index is -3.08. The number of likely N-dealkylation sites (N-methyl/N-ethyl adjacent to an activating group) is 1. The van der Waals surface area contributed by atoms with E-state index in [9.17, 15) is 28.8 Å². The zero-order valence-electron chi connectivity index (χ0n) is 24.7. The molecule has 0 radical (unpaired) electrons. The molecule has 1 aromatic heterocycles. The highest BCUT2D eigenvalue weighted by atomic mass is 19.2. The number of hydrogen-bond acceptors (Lipinski definition) is 12. The van der Waals surface area contributed by atoms with Gasteiger partial charge in [0.05, 0.1) is 17.8 Å². The molecule has 2 heterocycles. The molecule has 0 aliphatic carbocycles. The molecular weight excluding hydrogens is 563 g/mol. The second kappa shape index (κ2) is 14.9. The van der Waals surface area contributed by atoms with Gasteiger partial charge in [0.15, 0.2) is 25.7 Å². The van der Waals surface area contributed by atoms with Crippen LogP contribution in [0.4, 0.5) is 9.18 Å². The quantitative estimate of drug-likeness (QED) is 0.181. The first-order valence-corrected chi connectivity index (χ1v) is 13.4. The Bertz CT molecular complexity index is 1250. The zero-order valence-corrected chi connectivity index (χ0v) is 24.7. The molecule has 1 fully saturated rings. The second-order valence-corrected chi connectivity index (χ2v) is 10.5. The van der Waals surface area contributed by atoms with Crippen LogP contribution >= 0.6 is 0 Å². The largest absolute Gasteiger partial charge is 0.459 e. The fourth-order valence-electron chi connectivity index (χ4n) is 3.51. The Morgan fingerprint density at radius 1 is 0.952 bits per heavy atom. The molecule has 4 atom stereocenters. The van der Waals surface area contributed by atoms with Crippen LogP contribution in [0.3, 0.4) is 0 Å². The third kappa shape index (κ3) is 8.61. The summed E-state index contributed by atoms with van der Waals surface area (Å²) in [7, 11) is 1.67. The van der Waals surface area contributed by atoms with E-state index in [0.29, 0.717) is 11.1 Å². The van der Waals surface area contributed by atoms with E-state index in [1.807, 2.05) is 0 Å². The molecule has 2 N–H and O–H groups in total. The van der Waals surface area contributed by atoms with Crippen LogP contribution in [0.15, 0.2) is 21.9 Å². The Morgan fingerprint density at radius 3 is 2.12 bits per heavy atom. The number of nitrogens with one attached hydrogen (secondary N) is 2. The van der Waals surface area contributed by atoms with Gasteiger partial charge in [-0.15, -0.1) is 0 Å². The molecule has 1 aliphatic heterocycles. The highest BCUT2D eigenvalue weighted by molar-refractivity contribution is 5.73. The molecule has 1 aromatic rings. The number of amides is 1. The summed E-state index contributed by atoms with van der Waals surface area (Å²) in [6, 6.07) is 0.917. The van der Waals surface area contributed by atoms with Crippen molar-refractivity contribution in [2.24, 2.45) is 17.8 Å². The normalized spacial score (nSPS) is 21.8. The van der Waals surface area contributed by atoms with Gasteiger partial charge in [-0.05, 0) is 7.05 Å². The summed E-state index contributed by atoms with van der Waals surface area (Å²) >= 11 is 0. The average molecular weight is 603 g/mol. The van der Waals surface area contributed by atoms with E-state index in [0.717, 1.165) is 16.8 Å². The number of esters is 3. The van der Waals surface area contributed by atoms with E-state index >= 15 is 4.39 Å². The van der Waals surface area contributed by atoms with Gasteiger partial charge in [0.25, 0.3) is 11.4 Å². The van der Waals surface area contributed by atoms with E-state index < -0.39 is 90.6 Å². The number of ether oxygens (including phenoxy) is 5. The average Bonchev–Trinajstić information content (AvgIpc) is 3.17. The number of nitrogens with zero attached hydrogens (tertiary/aromatic N) is 2. The number of carbonyl (C=O) groups excluding carboxylic acids is 4. The van der Waals surface area contributed by atoms with Crippen LogP contribution in [-0.2, 0) is 44.8 Å². The minimum absolute atomic E-state index is 0.207. The SMILES string of the molecule is CNCCNC(=O)OCn1c(=O)ccn([C@@H]2O[C@](F)(COC(=O)C(C)C)[C@@H](OC(=O)C(C)C)[C@H]2OC(=O)C(C)C)c1=O. The zero-order chi connectivity index (χ0) is 31.8. The van der Waals surface area contributed by atoms with E-state index in [1.54, 1.807) is 7.05 Å². The van der Waals surface area contributed by atoms with Gasteiger partial charge >= 0.3 is 29.7 Å². The molecule has 0 aromatic carbocycles. The van der Waals surface area contributed by atoms with Crippen molar-refractivity contribution in [3.63, 3.8) is 0 Å². The predicted molar refractivity (Wildman–Crippen MR) is 143 cm³/mol. The molecule has 0 spiro atoms. The first kappa shape index (κ1) is 34.4. The third-order valence-electron chi connectivity index (χ3n) is 5.98. The summed E-state index contributed by atoms with van der Waals surface area (Å²) in [5, 5.41) is 5.22. The van der Waals surface area contributed by atoms with Crippen molar-refractivity contribution in [2.75, 3.05) is 26.7 Å². The Morgan fingerprint density at radius 2 is 1.55 bits per heavy atom. The Labute approximate surface area is 241 Å². The number of carbonyl (C=O) groups is 4. The number of rotatable bonds is 13. The van der Waals surface area contributed by atoms with Crippen molar-refractivity contribution >= 4 is 24.0 Å². The van der Waals surface area contributed by atoms with Crippen molar-refractivity contribution in [1.29, 1.82) is 0 Å². The van der Waals surface area contributed by atoms with Crippen LogP contribution in [0, 0.1) is 17.8 Å². The monoisotopic (exact) mass is 602 g/mol. The fraction of sp³-hybridized carbons (Fsp3) is 0.692. The van der Waals surface area contributed by atoms with Gasteiger partial charge in [-0.3, -0.25) is 23.7 Å². The lowest BCUT2D eigenvalue weighted by Crippen LogP contribution is -2.49. The maximum absolute atomic E-state index is 16.5. The van der Waals surface area contributed by atoms with Crippen molar-refractivity contribution < 1.29 is 47.3 Å². The molecule has 0 unspecified atom stereocenters. The molecule has 2 rings (SSSR count). The number of hydrogen-bond donors (Lipinski definition) is 2. The lowest BCUT2D eigenvalue weighted by molar-refractivity contribution is -0.226. The van der Waals surface area contributed by atoms with E-state index in [1.165, 1.54) is 41.5 Å². The van der Waals surface area contributed by atoms with Gasteiger partial charge in [0, 0.05) is 25.4 Å². The minimum Gasteiger partial charge on any atom is -0.459 e. The van der Waals surface area contributed by atoms with Crippen LogP contribution in [0.1, 0.15) is 47.8 Å². The number of halogens is 1. The van der Waals surface area contributed by atoms with Gasteiger partial charge in [-0.1, -0.05) is 41.5 Å². The molecule has 236 valence electrons. The molecular formula is C26H39FN4O11. The number of aromatic nitrogens is 2. The highest BCUT2D eigenvalue weighted by Gasteiger charge is 2.62. The van der Waals surface area contributed by atoms with Gasteiger partial charge < -0.3 is 34.3 Å².